The Kier molecular flexibility index (Phi) is 6.04. The van der Waals surface area contributed by atoms with Gasteiger partial charge in [-0.3, -0.25) is 15.0 Å². The highest BCUT2D eigenvalue weighted by Crippen LogP contribution is 2.51. The highest BCUT2D eigenvalue weighted by molar-refractivity contribution is 8.17. The average molecular weight is 424 g/mol. The van der Waals surface area contributed by atoms with Gasteiger partial charge in [-0.1, -0.05) is 6.92 Å². The molecule has 0 aliphatic carbocycles. The maximum atomic E-state index is 12.3. The first-order chi connectivity index (χ1) is 13.3. The van der Waals surface area contributed by atoms with E-state index < -0.39 is 18.0 Å². The first kappa shape index (κ1) is 20.7. The number of hydrazine groups is 1. The first-order valence-corrected chi connectivity index (χ1v) is 10.6. The molecule has 0 aromatic heterocycles. The summed E-state index contributed by atoms with van der Waals surface area (Å²) in [7, 11) is 0. The number of fused-ring (bicyclic) bond motifs is 1. The van der Waals surface area contributed by atoms with Crippen molar-refractivity contribution in [2.75, 3.05) is 5.08 Å². The van der Waals surface area contributed by atoms with Crippen LogP contribution in [0.2, 0.25) is 0 Å². The molecule has 2 heterocycles. The largest absolute Gasteiger partial charge is 0.477 e. The molecular weight excluding hydrogens is 402 g/mol. The molecule has 1 aromatic rings. The van der Waals surface area contributed by atoms with Gasteiger partial charge in [-0.15, -0.1) is 23.5 Å². The van der Waals surface area contributed by atoms with E-state index >= 15 is 0 Å². The lowest BCUT2D eigenvalue weighted by Gasteiger charge is -2.46. The molecule has 0 bridgehead atoms. The van der Waals surface area contributed by atoms with Gasteiger partial charge in [-0.25, -0.2) is 10.6 Å². The normalized spacial score (nSPS) is 24.6. The van der Waals surface area contributed by atoms with Crippen LogP contribution in [0.3, 0.4) is 0 Å². The van der Waals surface area contributed by atoms with Gasteiger partial charge in [0.2, 0.25) is 5.91 Å². The highest BCUT2D eigenvalue weighted by Gasteiger charge is 2.59. The fraction of sp³-hybridized carbons (Fsp3) is 0.389. The molecule has 0 radical (unpaired) electrons. The number of β-lactam (4-membered cyclic amide) rings is 1. The number of thioether (sulfide) groups is 2. The minimum Gasteiger partial charge on any atom is -0.477 e. The van der Waals surface area contributed by atoms with Gasteiger partial charge >= 0.3 is 5.97 Å². The van der Waals surface area contributed by atoms with Crippen molar-refractivity contribution >= 4 is 41.3 Å². The van der Waals surface area contributed by atoms with Crippen molar-refractivity contribution in [2.45, 2.75) is 30.9 Å². The Morgan fingerprint density at radius 1 is 1.29 bits per heavy atom. The maximum absolute atomic E-state index is 12.3. The molecule has 0 spiro atoms. The predicted molar refractivity (Wildman–Crippen MR) is 106 cm³/mol. The lowest BCUT2D eigenvalue weighted by molar-refractivity contribution is -0.163. The second-order valence-electron chi connectivity index (χ2n) is 6.68. The number of amides is 2. The highest BCUT2D eigenvalue weighted by atomic mass is 32.2. The molecule has 3 rings (SSSR count). The van der Waals surface area contributed by atoms with E-state index in [9.17, 15) is 24.6 Å². The molecule has 1 aromatic carbocycles. The van der Waals surface area contributed by atoms with Crippen molar-refractivity contribution in [1.29, 1.82) is 0 Å². The molecule has 8 nitrogen and oxygen atoms in total. The fourth-order valence-electron chi connectivity index (χ4n) is 3.66. The molecule has 2 amide bonds. The van der Waals surface area contributed by atoms with Crippen LogP contribution in [0.25, 0.3) is 0 Å². The lowest BCUT2D eigenvalue weighted by Crippen LogP contribution is -2.63. The summed E-state index contributed by atoms with van der Waals surface area (Å²) in [6, 6.07) is 6.60. The number of aliphatic hydroxyl groups is 1. The maximum Gasteiger partial charge on any atom is 0.353 e. The summed E-state index contributed by atoms with van der Waals surface area (Å²) in [5.41, 5.74) is 2.55. The van der Waals surface area contributed by atoms with Crippen LogP contribution in [0.4, 0.5) is 0 Å². The van der Waals surface area contributed by atoms with E-state index in [1.165, 1.54) is 28.4 Å². The number of rotatable bonds is 7. The molecule has 0 unspecified atom stereocenters. The van der Waals surface area contributed by atoms with E-state index in [1.54, 1.807) is 31.2 Å². The van der Waals surface area contributed by atoms with Gasteiger partial charge in [-0.2, -0.15) is 0 Å². The molecular formula is C18H21N3O5S2. The quantitative estimate of drug-likeness (QED) is 0.129. The monoisotopic (exact) mass is 423 g/mol. The van der Waals surface area contributed by atoms with Gasteiger partial charge in [-0.05, 0) is 31.2 Å². The third-order valence-electron chi connectivity index (χ3n) is 5.00. The van der Waals surface area contributed by atoms with Crippen molar-refractivity contribution < 1.29 is 24.6 Å². The number of hydrogen-bond acceptors (Lipinski definition) is 7. The zero-order valence-corrected chi connectivity index (χ0v) is 16.9. The van der Waals surface area contributed by atoms with Crippen LogP contribution >= 0.6 is 23.5 Å². The average Bonchev–Trinajstić information content (AvgIpc) is 2.90. The van der Waals surface area contributed by atoms with Crippen molar-refractivity contribution in [1.82, 2.24) is 10.3 Å². The Hall–Kier alpha value is -2.01. The standard InChI is InChI=1S/C18H21N3O5S2/c1-8-13-12(9(2)22)17(24)21(13)14(18(25)26)15(8)28-7-27-11-5-3-10(4-6-11)16(23)20-19/h3-6,8-9,12-13,22H,7,19H2,1-2H3,(H,20,23)(H,25,26)/t8-,9-,12-,13-/m1/s1. The Morgan fingerprint density at radius 3 is 2.46 bits per heavy atom. The fourth-order valence-corrected chi connectivity index (χ4v) is 6.00. The van der Waals surface area contributed by atoms with Crippen molar-refractivity contribution in [3.05, 3.63) is 40.4 Å². The molecule has 1 saturated heterocycles. The summed E-state index contributed by atoms with van der Waals surface area (Å²) in [4.78, 5) is 38.4. The van der Waals surface area contributed by atoms with Crippen molar-refractivity contribution in [2.24, 2.45) is 17.7 Å². The Balaban J connectivity index is 1.69. The number of nitrogens with zero attached hydrogens (tertiary/aromatic N) is 1. The van der Waals surface area contributed by atoms with E-state index in [2.05, 4.69) is 5.43 Å². The Bertz CT molecular complexity index is 840. The van der Waals surface area contributed by atoms with Gasteiger partial charge < -0.3 is 15.1 Å². The van der Waals surface area contributed by atoms with Gasteiger partial charge in [0.15, 0.2) is 0 Å². The number of nitrogens with two attached hydrogens (primary N) is 1. The summed E-state index contributed by atoms with van der Waals surface area (Å²) >= 11 is 2.89. The van der Waals surface area contributed by atoms with E-state index in [4.69, 9.17) is 5.84 Å². The molecule has 150 valence electrons. The third-order valence-corrected chi connectivity index (χ3v) is 7.42. The van der Waals surface area contributed by atoms with Crippen molar-refractivity contribution in [3.63, 3.8) is 0 Å². The molecule has 2 aliphatic rings. The summed E-state index contributed by atoms with van der Waals surface area (Å²) in [6.45, 7) is 3.45. The number of aliphatic hydroxyl groups excluding tert-OH is 1. The summed E-state index contributed by atoms with van der Waals surface area (Å²) in [6.07, 6.45) is -0.811. The number of carbonyl (C=O) groups excluding carboxylic acids is 2. The van der Waals surface area contributed by atoms with E-state index in [-0.39, 0.29) is 29.5 Å². The zero-order valence-electron chi connectivity index (χ0n) is 15.3. The molecule has 2 aliphatic heterocycles. The van der Waals surface area contributed by atoms with E-state index in [1.807, 2.05) is 6.92 Å². The number of hydrogen-bond donors (Lipinski definition) is 4. The third kappa shape index (κ3) is 3.52. The van der Waals surface area contributed by atoms with Crippen LogP contribution in [0.1, 0.15) is 24.2 Å². The summed E-state index contributed by atoms with van der Waals surface area (Å²) in [5.74, 6) is 2.56. The second kappa shape index (κ2) is 8.16. The number of aliphatic carboxylic acids is 1. The number of carboxylic acid groups (broad SMARTS) is 1. The number of benzene rings is 1. The zero-order chi connectivity index (χ0) is 20.6. The number of nitrogen functional groups attached to an aromatic ring is 1. The molecule has 28 heavy (non-hydrogen) atoms. The SMILES string of the molecule is C[C@@H](O)[C@H]1C(=O)N2C(C(=O)O)=C(SCSc3ccc(C(=O)NN)cc3)[C@H](C)[C@H]12. The molecule has 4 atom stereocenters. The number of carboxylic acids is 1. The van der Waals surface area contributed by atoms with Gasteiger partial charge in [0.25, 0.3) is 5.91 Å². The van der Waals surface area contributed by atoms with Crippen LogP contribution in [0, 0.1) is 11.8 Å². The van der Waals surface area contributed by atoms with Crippen LogP contribution in [-0.2, 0) is 9.59 Å². The molecule has 1 fully saturated rings. The van der Waals surface area contributed by atoms with Crippen LogP contribution < -0.4 is 11.3 Å². The number of nitrogens with one attached hydrogen (secondary N) is 1. The minimum absolute atomic E-state index is 0.0277. The Labute approximate surface area is 170 Å². The predicted octanol–water partition coefficient (Wildman–Crippen LogP) is 1.23. The van der Waals surface area contributed by atoms with Crippen LogP contribution in [-0.4, -0.2) is 50.1 Å². The smallest absolute Gasteiger partial charge is 0.353 e. The van der Waals surface area contributed by atoms with E-state index in [0.29, 0.717) is 15.6 Å². The molecule has 5 N–H and O–H groups in total. The summed E-state index contributed by atoms with van der Waals surface area (Å²) in [5, 5.41) is 20.0. The summed E-state index contributed by atoms with van der Waals surface area (Å²) < 4.78 is 0. The first-order valence-electron chi connectivity index (χ1n) is 8.63. The second-order valence-corrected chi connectivity index (χ2v) is 9.11. The molecule has 10 heteroatoms. The van der Waals surface area contributed by atoms with Gasteiger partial charge in [0, 0.05) is 26.4 Å². The Morgan fingerprint density at radius 2 is 1.93 bits per heavy atom. The number of carbonyl (C=O) groups is 3. The van der Waals surface area contributed by atoms with Gasteiger partial charge in [0.05, 0.1) is 18.1 Å². The van der Waals surface area contributed by atoms with Crippen LogP contribution in [0.5, 0.6) is 0 Å². The van der Waals surface area contributed by atoms with E-state index in [0.717, 1.165) is 4.90 Å². The van der Waals surface area contributed by atoms with Gasteiger partial charge in [0.1, 0.15) is 5.70 Å². The lowest BCUT2D eigenvalue weighted by atomic mass is 9.79. The van der Waals surface area contributed by atoms with Crippen molar-refractivity contribution in [3.8, 4) is 0 Å². The molecule has 0 saturated carbocycles. The van der Waals surface area contributed by atoms with Crippen LogP contribution in [0.15, 0.2) is 39.8 Å². The topological polar surface area (TPSA) is 133 Å². The minimum atomic E-state index is -1.13.